The largest absolute Gasteiger partial charge is 0.493 e. The Hall–Kier alpha value is -3.52. The van der Waals surface area contributed by atoms with Gasteiger partial charge in [0, 0.05) is 12.6 Å². The zero-order chi connectivity index (χ0) is 25.9. The minimum Gasteiger partial charge on any atom is -0.493 e. The molecule has 8 heteroatoms. The number of aryl methyl sites for hydroxylation is 1. The Labute approximate surface area is 208 Å². The summed E-state index contributed by atoms with van der Waals surface area (Å²) in [5.74, 6) is 0.193. The van der Waals surface area contributed by atoms with E-state index < -0.39 is 23.8 Å². The van der Waals surface area contributed by atoms with Gasteiger partial charge in [-0.1, -0.05) is 42.5 Å². The Bertz CT molecular complexity index is 1200. The molecule has 0 aromatic heterocycles. The maximum absolute atomic E-state index is 13.0. The Kier molecular flexibility index (Phi) is 7.54. The van der Waals surface area contributed by atoms with Crippen LogP contribution >= 0.6 is 0 Å². The van der Waals surface area contributed by atoms with Crippen LogP contribution in [0.4, 0.5) is 13.2 Å². The van der Waals surface area contributed by atoms with Crippen molar-refractivity contribution in [2.24, 2.45) is 0 Å². The van der Waals surface area contributed by atoms with Crippen LogP contribution in [-0.2, 0) is 23.8 Å². The lowest BCUT2D eigenvalue weighted by Gasteiger charge is -2.41. The van der Waals surface area contributed by atoms with Gasteiger partial charge >= 0.3 is 12.1 Å². The van der Waals surface area contributed by atoms with Crippen LogP contribution in [0.5, 0.6) is 11.5 Å². The van der Waals surface area contributed by atoms with Gasteiger partial charge in [0.05, 0.1) is 19.8 Å². The number of nitrogens with zero attached hydrogens (tertiary/aromatic N) is 1. The summed E-state index contributed by atoms with van der Waals surface area (Å²) in [7, 11) is 3.11. The lowest BCUT2D eigenvalue weighted by atomic mass is 9.86. The van der Waals surface area contributed by atoms with Gasteiger partial charge in [-0.2, -0.15) is 13.2 Å². The van der Waals surface area contributed by atoms with Gasteiger partial charge in [-0.05, 0) is 65.8 Å². The molecule has 3 aromatic carbocycles. The van der Waals surface area contributed by atoms with Crippen LogP contribution in [0, 0.1) is 0 Å². The van der Waals surface area contributed by atoms with Gasteiger partial charge in [0.1, 0.15) is 6.04 Å². The van der Waals surface area contributed by atoms with E-state index in [1.54, 1.807) is 26.4 Å². The molecule has 3 aromatic rings. The number of hydrogen-bond donors (Lipinski definition) is 1. The summed E-state index contributed by atoms with van der Waals surface area (Å²) in [6.07, 6.45) is -2.76. The summed E-state index contributed by atoms with van der Waals surface area (Å²) in [4.78, 5) is 14.5. The molecular formula is C28H28F3NO4. The first kappa shape index (κ1) is 25.6. The third-order valence-corrected chi connectivity index (χ3v) is 6.71. The lowest BCUT2D eigenvalue weighted by Crippen LogP contribution is -2.41. The fourth-order valence-electron chi connectivity index (χ4n) is 4.95. The van der Waals surface area contributed by atoms with Gasteiger partial charge < -0.3 is 14.6 Å². The Morgan fingerprint density at radius 2 is 1.67 bits per heavy atom. The zero-order valence-corrected chi connectivity index (χ0v) is 20.1. The number of benzene rings is 3. The van der Waals surface area contributed by atoms with Crippen LogP contribution in [0.2, 0.25) is 0 Å². The molecule has 0 amide bonds. The topological polar surface area (TPSA) is 59.0 Å². The highest BCUT2D eigenvalue weighted by Crippen LogP contribution is 2.43. The minimum absolute atomic E-state index is 0.294. The summed E-state index contributed by atoms with van der Waals surface area (Å²) >= 11 is 0. The standard InChI is InChI=1S/C28H28F3NO4/c1-35-24-16-20-14-15-32(26(27(33)34)19-6-4-3-5-7-19)23(22(20)17-25(24)36-2)13-10-18-8-11-21(12-9-18)28(29,30)31/h3-9,11-12,16-17,23,26H,10,13-15H2,1-2H3,(H,33,34)/t23-,26?/m0/s1. The van der Waals surface area contributed by atoms with E-state index in [1.165, 1.54) is 12.1 Å². The monoisotopic (exact) mass is 499 g/mol. The average molecular weight is 500 g/mol. The molecule has 0 saturated heterocycles. The van der Waals surface area contributed by atoms with Gasteiger partial charge in [0.25, 0.3) is 0 Å². The number of fused-ring (bicyclic) bond motifs is 1. The number of carboxylic acids is 1. The number of ether oxygens (including phenoxy) is 2. The van der Waals surface area contributed by atoms with E-state index in [2.05, 4.69) is 0 Å². The zero-order valence-electron chi connectivity index (χ0n) is 20.1. The number of halogens is 3. The van der Waals surface area contributed by atoms with Crippen LogP contribution in [0.25, 0.3) is 0 Å². The maximum atomic E-state index is 13.0. The van der Waals surface area contributed by atoms with Crippen molar-refractivity contribution in [3.05, 3.63) is 94.5 Å². The van der Waals surface area contributed by atoms with Crippen molar-refractivity contribution < 1.29 is 32.5 Å². The molecule has 2 atom stereocenters. The van der Waals surface area contributed by atoms with E-state index in [1.807, 2.05) is 35.2 Å². The molecule has 0 bridgehead atoms. The van der Waals surface area contributed by atoms with Crippen LogP contribution in [-0.4, -0.2) is 36.7 Å². The number of carbonyl (C=O) groups is 1. The first-order valence-electron chi connectivity index (χ1n) is 11.7. The summed E-state index contributed by atoms with van der Waals surface area (Å²) in [6, 6.07) is 16.9. The van der Waals surface area contributed by atoms with Crippen molar-refractivity contribution in [3.63, 3.8) is 0 Å². The smallest absolute Gasteiger partial charge is 0.416 e. The van der Waals surface area contributed by atoms with Crippen LogP contribution < -0.4 is 9.47 Å². The van der Waals surface area contributed by atoms with E-state index in [4.69, 9.17) is 9.47 Å². The predicted octanol–water partition coefficient (Wildman–Crippen LogP) is 6.08. The number of rotatable bonds is 8. The summed E-state index contributed by atoms with van der Waals surface area (Å²) in [6.45, 7) is 0.506. The van der Waals surface area contributed by atoms with Crippen LogP contribution in [0.1, 0.15) is 46.3 Å². The Balaban J connectivity index is 1.71. The van der Waals surface area contributed by atoms with E-state index >= 15 is 0 Å². The molecule has 190 valence electrons. The molecule has 1 aliphatic rings. The molecule has 1 aliphatic heterocycles. The van der Waals surface area contributed by atoms with Crippen molar-refractivity contribution in [1.29, 1.82) is 0 Å². The molecule has 0 saturated carbocycles. The highest BCUT2D eigenvalue weighted by molar-refractivity contribution is 5.75. The van der Waals surface area contributed by atoms with E-state index in [9.17, 15) is 23.1 Å². The molecule has 0 radical (unpaired) electrons. The molecule has 5 nitrogen and oxygen atoms in total. The molecular weight excluding hydrogens is 471 g/mol. The molecule has 4 rings (SSSR count). The average Bonchev–Trinajstić information content (AvgIpc) is 2.87. The Morgan fingerprint density at radius 3 is 2.25 bits per heavy atom. The maximum Gasteiger partial charge on any atom is 0.416 e. The van der Waals surface area contributed by atoms with Crippen molar-refractivity contribution in [1.82, 2.24) is 4.90 Å². The number of aliphatic carboxylic acids is 1. The van der Waals surface area contributed by atoms with Gasteiger partial charge in [0.15, 0.2) is 11.5 Å². The molecule has 1 N–H and O–H groups in total. The van der Waals surface area contributed by atoms with Crippen molar-refractivity contribution in [2.75, 3.05) is 20.8 Å². The number of hydrogen-bond acceptors (Lipinski definition) is 4. The predicted molar refractivity (Wildman–Crippen MR) is 129 cm³/mol. The van der Waals surface area contributed by atoms with E-state index in [0.717, 1.165) is 28.8 Å². The van der Waals surface area contributed by atoms with Crippen LogP contribution in [0.15, 0.2) is 66.7 Å². The molecule has 1 heterocycles. The van der Waals surface area contributed by atoms with Crippen molar-refractivity contribution in [2.45, 2.75) is 37.5 Å². The van der Waals surface area contributed by atoms with E-state index in [0.29, 0.717) is 42.9 Å². The fraction of sp³-hybridized carbons (Fsp3) is 0.321. The van der Waals surface area contributed by atoms with Crippen molar-refractivity contribution in [3.8, 4) is 11.5 Å². The first-order valence-corrected chi connectivity index (χ1v) is 11.7. The number of methoxy groups -OCH3 is 2. The second-order valence-electron chi connectivity index (χ2n) is 8.79. The quantitative estimate of drug-likeness (QED) is 0.407. The second-order valence-corrected chi connectivity index (χ2v) is 8.79. The lowest BCUT2D eigenvalue weighted by molar-refractivity contribution is -0.145. The third kappa shape index (κ3) is 5.33. The normalized spacial score (nSPS) is 16.8. The highest BCUT2D eigenvalue weighted by atomic mass is 19.4. The van der Waals surface area contributed by atoms with Crippen LogP contribution in [0.3, 0.4) is 0 Å². The molecule has 0 fully saturated rings. The SMILES string of the molecule is COc1cc2c(cc1OC)[C@H](CCc1ccc(C(F)(F)F)cc1)N(C(C(=O)O)c1ccccc1)CC2. The number of alkyl halides is 3. The molecule has 1 unspecified atom stereocenters. The van der Waals surface area contributed by atoms with Gasteiger partial charge in [-0.3, -0.25) is 9.69 Å². The molecule has 0 spiro atoms. The Morgan fingerprint density at radius 1 is 1.03 bits per heavy atom. The van der Waals surface area contributed by atoms with Crippen molar-refractivity contribution >= 4 is 5.97 Å². The fourth-order valence-corrected chi connectivity index (χ4v) is 4.95. The third-order valence-electron chi connectivity index (χ3n) is 6.71. The molecule has 36 heavy (non-hydrogen) atoms. The van der Waals surface area contributed by atoms with Gasteiger partial charge in [0.2, 0.25) is 0 Å². The first-order chi connectivity index (χ1) is 17.2. The number of carboxylic acid groups (broad SMARTS) is 1. The van der Waals surface area contributed by atoms with Gasteiger partial charge in [-0.25, -0.2) is 0 Å². The highest BCUT2D eigenvalue weighted by Gasteiger charge is 2.37. The summed E-state index contributed by atoms with van der Waals surface area (Å²) in [5.41, 5.74) is 2.71. The summed E-state index contributed by atoms with van der Waals surface area (Å²) < 4.78 is 49.9. The second kappa shape index (κ2) is 10.6. The minimum atomic E-state index is -4.39. The molecule has 0 aliphatic carbocycles. The van der Waals surface area contributed by atoms with E-state index in [-0.39, 0.29) is 6.04 Å². The van der Waals surface area contributed by atoms with Gasteiger partial charge in [-0.15, -0.1) is 0 Å². The summed E-state index contributed by atoms with van der Waals surface area (Å²) in [5, 5.41) is 10.2.